The SMILES string of the molecule is Cc1ccc(NC2CC(c3ccccc3Cl)C2)c(Cl)c1. The fourth-order valence-electron chi connectivity index (χ4n) is 2.75. The summed E-state index contributed by atoms with van der Waals surface area (Å²) in [6.07, 6.45) is 2.21. The van der Waals surface area contributed by atoms with Gasteiger partial charge in [-0.3, -0.25) is 0 Å². The van der Waals surface area contributed by atoms with Crippen LogP contribution in [0.3, 0.4) is 0 Å². The van der Waals surface area contributed by atoms with E-state index in [0.717, 1.165) is 28.6 Å². The van der Waals surface area contributed by atoms with Gasteiger partial charge in [0, 0.05) is 11.1 Å². The lowest BCUT2D eigenvalue weighted by Crippen LogP contribution is -2.34. The van der Waals surface area contributed by atoms with Crippen LogP contribution in [0.25, 0.3) is 0 Å². The van der Waals surface area contributed by atoms with Crippen LogP contribution < -0.4 is 5.32 Å². The minimum Gasteiger partial charge on any atom is -0.381 e. The van der Waals surface area contributed by atoms with Crippen molar-refractivity contribution >= 4 is 28.9 Å². The van der Waals surface area contributed by atoms with Gasteiger partial charge < -0.3 is 5.32 Å². The summed E-state index contributed by atoms with van der Waals surface area (Å²) in [5.41, 5.74) is 3.48. The van der Waals surface area contributed by atoms with Crippen LogP contribution in [0.4, 0.5) is 5.69 Å². The summed E-state index contributed by atoms with van der Waals surface area (Å²) in [7, 11) is 0. The van der Waals surface area contributed by atoms with Crippen LogP contribution in [-0.4, -0.2) is 6.04 Å². The zero-order valence-electron chi connectivity index (χ0n) is 11.4. The Labute approximate surface area is 129 Å². The first kappa shape index (κ1) is 13.8. The monoisotopic (exact) mass is 305 g/mol. The van der Waals surface area contributed by atoms with Crippen LogP contribution in [0.2, 0.25) is 10.0 Å². The minimum atomic E-state index is 0.483. The van der Waals surface area contributed by atoms with E-state index in [0.29, 0.717) is 12.0 Å². The van der Waals surface area contributed by atoms with Crippen molar-refractivity contribution in [3.8, 4) is 0 Å². The molecule has 2 aromatic carbocycles. The highest BCUT2D eigenvalue weighted by Gasteiger charge is 2.31. The van der Waals surface area contributed by atoms with E-state index in [4.69, 9.17) is 23.2 Å². The molecule has 3 rings (SSSR count). The van der Waals surface area contributed by atoms with Crippen LogP contribution >= 0.6 is 23.2 Å². The molecule has 0 heterocycles. The highest BCUT2D eigenvalue weighted by molar-refractivity contribution is 6.33. The fraction of sp³-hybridized carbons (Fsp3) is 0.294. The zero-order valence-corrected chi connectivity index (χ0v) is 12.9. The molecule has 0 saturated heterocycles. The smallest absolute Gasteiger partial charge is 0.0640 e. The summed E-state index contributed by atoms with van der Waals surface area (Å²) in [6, 6.07) is 14.7. The Morgan fingerprint density at radius 2 is 1.75 bits per heavy atom. The second kappa shape index (κ2) is 5.67. The van der Waals surface area contributed by atoms with Crippen molar-refractivity contribution in [1.29, 1.82) is 0 Å². The van der Waals surface area contributed by atoms with E-state index < -0.39 is 0 Å². The van der Waals surface area contributed by atoms with Crippen LogP contribution in [0.1, 0.15) is 29.9 Å². The number of hydrogen-bond acceptors (Lipinski definition) is 1. The quantitative estimate of drug-likeness (QED) is 0.771. The van der Waals surface area contributed by atoms with Crippen molar-refractivity contribution in [3.63, 3.8) is 0 Å². The van der Waals surface area contributed by atoms with E-state index in [-0.39, 0.29) is 0 Å². The van der Waals surface area contributed by atoms with Crippen LogP contribution in [0.15, 0.2) is 42.5 Å². The summed E-state index contributed by atoms with van der Waals surface area (Å²) >= 11 is 12.5. The van der Waals surface area contributed by atoms with Crippen molar-refractivity contribution in [2.75, 3.05) is 5.32 Å². The predicted octanol–water partition coefficient (Wildman–Crippen LogP) is 5.66. The summed E-state index contributed by atoms with van der Waals surface area (Å²) in [6.45, 7) is 2.05. The fourth-order valence-corrected chi connectivity index (χ4v) is 3.33. The van der Waals surface area contributed by atoms with E-state index in [1.807, 2.05) is 25.1 Å². The molecule has 3 heteroatoms. The van der Waals surface area contributed by atoms with E-state index in [2.05, 4.69) is 29.6 Å². The van der Waals surface area contributed by atoms with E-state index in [1.54, 1.807) is 0 Å². The predicted molar refractivity (Wildman–Crippen MR) is 87.0 cm³/mol. The lowest BCUT2D eigenvalue weighted by atomic mass is 9.76. The molecular formula is C17H17Cl2N. The first-order chi connectivity index (χ1) is 9.63. The Morgan fingerprint density at radius 3 is 2.45 bits per heavy atom. The summed E-state index contributed by atoms with van der Waals surface area (Å²) in [5.74, 6) is 0.561. The molecule has 0 radical (unpaired) electrons. The van der Waals surface area contributed by atoms with Gasteiger partial charge in [-0.2, -0.15) is 0 Å². The van der Waals surface area contributed by atoms with Crippen LogP contribution in [0.5, 0.6) is 0 Å². The van der Waals surface area contributed by atoms with Crippen molar-refractivity contribution in [3.05, 3.63) is 63.6 Å². The second-order valence-corrected chi connectivity index (χ2v) is 6.33. The molecule has 0 atom stereocenters. The van der Waals surface area contributed by atoms with Gasteiger partial charge in [-0.05, 0) is 55.0 Å². The number of anilines is 1. The van der Waals surface area contributed by atoms with Gasteiger partial charge in [0.25, 0.3) is 0 Å². The molecule has 104 valence electrons. The first-order valence-electron chi connectivity index (χ1n) is 6.90. The molecule has 0 amide bonds. The lowest BCUT2D eigenvalue weighted by molar-refractivity contribution is 0.374. The first-order valence-corrected chi connectivity index (χ1v) is 7.66. The normalized spacial score (nSPS) is 21.4. The number of halogens is 2. The highest BCUT2D eigenvalue weighted by Crippen LogP contribution is 2.41. The van der Waals surface area contributed by atoms with Crippen molar-refractivity contribution in [1.82, 2.24) is 0 Å². The summed E-state index contributed by atoms with van der Waals surface area (Å²) in [4.78, 5) is 0. The standard InChI is InChI=1S/C17H17Cl2N/c1-11-6-7-17(16(19)8-11)20-13-9-12(10-13)14-4-2-3-5-15(14)18/h2-8,12-13,20H,9-10H2,1H3. The zero-order chi connectivity index (χ0) is 14.1. The Bertz CT molecular complexity index is 618. The Hall–Kier alpha value is -1.18. The largest absolute Gasteiger partial charge is 0.381 e. The molecule has 0 unspecified atom stereocenters. The number of hydrogen-bond donors (Lipinski definition) is 1. The highest BCUT2D eigenvalue weighted by atomic mass is 35.5. The molecule has 1 N–H and O–H groups in total. The molecule has 20 heavy (non-hydrogen) atoms. The van der Waals surface area contributed by atoms with Crippen LogP contribution in [-0.2, 0) is 0 Å². The second-order valence-electron chi connectivity index (χ2n) is 5.51. The summed E-state index contributed by atoms with van der Waals surface area (Å²) in [5, 5.41) is 5.19. The molecule has 0 aliphatic heterocycles. The van der Waals surface area contributed by atoms with Gasteiger partial charge in [0.15, 0.2) is 0 Å². The van der Waals surface area contributed by atoms with Gasteiger partial charge in [0.1, 0.15) is 0 Å². The molecule has 1 fully saturated rings. The summed E-state index contributed by atoms with van der Waals surface area (Å²) < 4.78 is 0. The third-order valence-corrected chi connectivity index (χ3v) is 4.62. The van der Waals surface area contributed by atoms with E-state index >= 15 is 0 Å². The maximum absolute atomic E-state index is 6.25. The minimum absolute atomic E-state index is 0.483. The maximum atomic E-state index is 6.25. The molecular weight excluding hydrogens is 289 g/mol. The van der Waals surface area contributed by atoms with Gasteiger partial charge in [-0.1, -0.05) is 47.5 Å². The number of nitrogens with one attached hydrogen (secondary N) is 1. The average Bonchev–Trinajstić information content (AvgIpc) is 2.37. The topological polar surface area (TPSA) is 12.0 Å². The molecule has 1 saturated carbocycles. The number of rotatable bonds is 3. The van der Waals surface area contributed by atoms with Gasteiger partial charge in [0.05, 0.1) is 10.7 Å². The van der Waals surface area contributed by atoms with Gasteiger partial charge >= 0.3 is 0 Å². The average molecular weight is 306 g/mol. The van der Waals surface area contributed by atoms with Crippen molar-refractivity contribution in [2.45, 2.75) is 31.7 Å². The van der Waals surface area contributed by atoms with Crippen molar-refractivity contribution < 1.29 is 0 Å². The molecule has 1 nitrogen and oxygen atoms in total. The molecule has 0 spiro atoms. The molecule has 1 aliphatic rings. The Kier molecular flexibility index (Phi) is 3.91. The number of benzene rings is 2. The Morgan fingerprint density at radius 1 is 1.00 bits per heavy atom. The van der Waals surface area contributed by atoms with Gasteiger partial charge in [-0.25, -0.2) is 0 Å². The molecule has 0 aromatic heterocycles. The molecule has 2 aromatic rings. The van der Waals surface area contributed by atoms with E-state index in [9.17, 15) is 0 Å². The molecule has 1 aliphatic carbocycles. The maximum Gasteiger partial charge on any atom is 0.0640 e. The third-order valence-electron chi connectivity index (χ3n) is 3.97. The Balaban J connectivity index is 1.62. The van der Waals surface area contributed by atoms with E-state index in [1.165, 1.54) is 11.1 Å². The van der Waals surface area contributed by atoms with Gasteiger partial charge in [-0.15, -0.1) is 0 Å². The van der Waals surface area contributed by atoms with Crippen molar-refractivity contribution in [2.24, 2.45) is 0 Å². The number of aryl methyl sites for hydroxylation is 1. The third kappa shape index (κ3) is 2.79. The molecule has 0 bridgehead atoms. The van der Waals surface area contributed by atoms with Crippen LogP contribution in [0, 0.1) is 6.92 Å². The lowest BCUT2D eigenvalue weighted by Gasteiger charge is -2.37. The van der Waals surface area contributed by atoms with Gasteiger partial charge in [0.2, 0.25) is 0 Å².